The predicted octanol–water partition coefficient (Wildman–Crippen LogP) is 2.40. The van der Waals surface area contributed by atoms with Crippen LogP contribution in [0.5, 0.6) is 0 Å². The van der Waals surface area contributed by atoms with E-state index in [-0.39, 0.29) is 6.61 Å². The topological polar surface area (TPSA) is 64.3 Å². The summed E-state index contributed by atoms with van der Waals surface area (Å²) in [6, 6.07) is 5.27. The van der Waals surface area contributed by atoms with Crippen molar-refractivity contribution in [2.75, 3.05) is 19.0 Å². The minimum atomic E-state index is -0.956. The summed E-state index contributed by atoms with van der Waals surface area (Å²) in [6.45, 7) is 1.87. The Morgan fingerprint density at radius 3 is 2.76 bits per heavy atom. The fraction of sp³-hybridized carbons (Fsp3) is 0.364. The van der Waals surface area contributed by atoms with E-state index in [1.165, 1.54) is 7.11 Å². The molecule has 0 saturated heterocycles. The van der Waals surface area contributed by atoms with Gasteiger partial charge in [0.2, 0.25) is 5.91 Å². The second-order valence-corrected chi connectivity index (χ2v) is 5.14. The second-order valence-electron chi connectivity index (χ2n) is 3.88. The highest BCUT2D eigenvalue weighted by atomic mass is 79.9. The van der Waals surface area contributed by atoms with Gasteiger partial charge in [0.25, 0.3) is 0 Å². The summed E-state index contributed by atoms with van der Waals surface area (Å²) >= 11 is 9.19. The Morgan fingerprint density at radius 2 is 2.29 bits per heavy atom. The summed E-state index contributed by atoms with van der Waals surface area (Å²) in [5, 5.41) is 3.64. The van der Waals surface area contributed by atoms with Gasteiger partial charge in [0.15, 0.2) is 0 Å². The van der Waals surface area contributed by atoms with Gasteiger partial charge in [-0.05, 0) is 41.1 Å². The number of carbonyl (C=O) groups is 1. The zero-order valence-corrected chi connectivity index (χ0v) is 11.9. The Bertz CT molecular complexity index is 428. The quantitative estimate of drug-likeness (QED) is 0.875. The summed E-state index contributed by atoms with van der Waals surface area (Å²) < 4.78 is 5.74. The first-order valence-corrected chi connectivity index (χ1v) is 6.08. The predicted molar refractivity (Wildman–Crippen MR) is 72.3 cm³/mol. The van der Waals surface area contributed by atoms with Crippen LogP contribution < -0.4 is 11.1 Å². The molecule has 1 amide bonds. The molecule has 94 valence electrons. The number of halogens is 2. The summed E-state index contributed by atoms with van der Waals surface area (Å²) in [5.74, 6) is -0.481. The van der Waals surface area contributed by atoms with Gasteiger partial charge in [0, 0.05) is 17.3 Å². The minimum absolute atomic E-state index is 0.183. The number of primary amides is 1. The van der Waals surface area contributed by atoms with Crippen LogP contribution in [0.3, 0.4) is 0 Å². The van der Waals surface area contributed by atoms with Crippen molar-refractivity contribution >= 4 is 39.1 Å². The van der Waals surface area contributed by atoms with Crippen LogP contribution in [-0.4, -0.2) is 25.2 Å². The summed E-state index contributed by atoms with van der Waals surface area (Å²) in [5.41, 5.74) is 5.13. The number of benzene rings is 1. The van der Waals surface area contributed by atoms with Gasteiger partial charge >= 0.3 is 0 Å². The van der Waals surface area contributed by atoms with E-state index >= 15 is 0 Å². The lowest BCUT2D eigenvalue weighted by Crippen LogP contribution is -2.51. The normalized spacial score (nSPS) is 14.1. The van der Waals surface area contributed by atoms with Crippen LogP contribution in [0.4, 0.5) is 5.69 Å². The molecule has 1 atom stereocenters. The smallest absolute Gasteiger partial charge is 0.245 e. The van der Waals surface area contributed by atoms with E-state index < -0.39 is 11.4 Å². The minimum Gasteiger partial charge on any atom is -0.382 e. The Kier molecular flexibility index (Phi) is 4.80. The van der Waals surface area contributed by atoms with Gasteiger partial charge in [0.1, 0.15) is 5.54 Å². The van der Waals surface area contributed by atoms with Crippen molar-refractivity contribution in [2.24, 2.45) is 5.73 Å². The molecule has 0 saturated carbocycles. The van der Waals surface area contributed by atoms with Crippen LogP contribution in [0.1, 0.15) is 6.92 Å². The monoisotopic (exact) mass is 320 g/mol. The highest BCUT2D eigenvalue weighted by Crippen LogP contribution is 2.27. The number of ether oxygens (including phenoxy) is 1. The molecule has 0 radical (unpaired) electrons. The highest BCUT2D eigenvalue weighted by molar-refractivity contribution is 9.10. The van der Waals surface area contributed by atoms with E-state index in [0.29, 0.717) is 5.02 Å². The molecule has 1 aromatic rings. The lowest BCUT2D eigenvalue weighted by atomic mass is 10.0. The van der Waals surface area contributed by atoms with Crippen LogP contribution >= 0.6 is 27.5 Å². The Labute approximate surface area is 114 Å². The van der Waals surface area contributed by atoms with E-state index in [9.17, 15) is 4.79 Å². The average Bonchev–Trinajstić information content (AvgIpc) is 2.23. The van der Waals surface area contributed by atoms with Crippen molar-refractivity contribution in [3.63, 3.8) is 0 Å². The zero-order valence-electron chi connectivity index (χ0n) is 9.59. The molecule has 0 aliphatic heterocycles. The first kappa shape index (κ1) is 14.3. The number of nitrogens with two attached hydrogens (primary N) is 1. The number of hydrogen-bond acceptors (Lipinski definition) is 3. The van der Waals surface area contributed by atoms with Crippen molar-refractivity contribution in [1.29, 1.82) is 0 Å². The third-order valence-electron chi connectivity index (χ3n) is 2.32. The van der Waals surface area contributed by atoms with Crippen molar-refractivity contribution in [3.05, 3.63) is 27.7 Å². The summed E-state index contributed by atoms with van der Waals surface area (Å²) in [6.07, 6.45) is 0. The average molecular weight is 322 g/mol. The standard InChI is InChI=1S/C11H14BrClN2O2/c1-11(6-17-2,10(14)16)15-7-3-4-9(13)8(12)5-7/h3-5,15H,6H2,1-2H3,(H2,14,16). The second kappa shape index (κ2) is 5.71. The summed E-state index contributed by atoms with van der Waals surface area (Å²) in [4.78, 5) is 11.4. The molecule has 0 spiro atoms. The van der Waals surface area contributed by atoms with Crippen molar-refractivity contribution in [2.45, 2.75) is 12.5 Å². The molecule has 0 aromatic heterocycles. The van der Waals surface area contributed by atoms with Crippen LogP contribution in [0, 0.1) is 0 Å². The van der Waals surface area contributed by atoms with Crippen molar-refractivity contribution < 1.29 is 9.53 Å². The fourth-order valence-electron chi connectivity index (χ4n) is 1.35. The number of amides is 1. The molecule has 1 aromatic carbocycles. The van der Waals surface area contributed by atoms with Gasteiger partial charge in [-0.2, -0.15) is 0 Å². The van der Waals surface area contributed by atoms with E-state index in [2.05, 4.69) is 21.2 Å². The maximum atomic E-state index is 11.4. The first-order valence-electron chi connectivity index (χ1n) is 4.91. The molecular weight excluding hydrogens is 307 g/mol. The van der Waals surface area contributed by atoms with Gasteiger partial charge in [0.05, 0.1) is 11.6 Å². The SMILES string of the molecule is COCC(C)(Nc1ccc(Cl)c(Br)c1)C(N)=O. The molecule has 6 heteroatoms. The highest BCUT2D eigenvalue weighted by Gasteiger charge is 2.31. The van der Waals surface area contributed by atoms with Crippen LogP contribution in [-0.2, 0) is 9.53 Å². The molecule has 0 bridgehead atoms. The van der Waals surface area contributed by atoms with E-state index in [1.807, 2.05) is 0 Å². The Hall–Kier alpha value is -0.780. The lowest BCUT2D eigenvalue weighted by molar-refractivity contribution is -0.123. The number of anilines is 1. The maximum Gasteiger partial charge on any atom is 0.245 e. The van der Waals surface area contributed by atoms with Crippen molar-refractivity contribution in [1.82, 2.24) is 0 Å². The molecule has 4 nitrogen and oxygen atoms in total. The molecule has 17 heavy (non-hydrogen) atoms. The molecular formula is C11H14BrClN2O2. The van der Waals surface area contributed by atoms with Gasteiger partial charge < -0.3 is 15.8 Å². The van der Waals surface area contributed by atoms with Crippen LogP contribution in [0.15, 0.2) is 22.7 Å². The zero-order chi connectivity index (χ0) is 13.1. The number of rotatable bonds is 5. The van der Waals surface area contributed by atoms with Gasteiger partial charge in [-0.15, -0.1) is 0 Å². The lowest BCUT2D eigenvalue weighted by Gasteiger charge is -2.27. The summed E-state index contributed by atoms with van der Waals surface area (Å²) in [7, 11) is 1.51. The van der Waals surface area contributed by atoms with Crippen LogP contribution in [0.2, 0.25) is 5.02 Å². The van der Waals surface area contributed by atoms with E-state index in [4.69, 9.17) is 22.1 Å². The maximum absolute atomic E-state index is 11.4. The van der Waals surface area contributed by atoms with Gasteiger partial charge in [-0.25, -0.2) is 0 Å². The number of hydrogen-bond donors (Lipinski definition) is 2. The Morgan fingerprint density at radius 1 is 1.65 bits per heavy atom. The molecule has 1 unspecified atom stereocenters. The number of carbonyl (C=O) groups excluding carboxylic acids is 1. The van der Waals surface area contributed by atoms with Gasteiger partial charge in [-0.3, -0.25) is 4.79 Å². The third kappa shape index (κ3) is 3.59. The van der Waals surface area contributed by atoms with E-state index in [1.54, 1.807) is 25.1 Å². The molecule has 1 rings (SSSR count). The van der Waals surface area contributed by atoms with E-state index in [0.717, 1.165) is 10.2 Å². The molecule has 0 fully saturated rings. The van der Waals surface area contributed by atoms with Crippen LogP contribution in [0.25, 0.3) is 0 Å². The molecule has 0 aliphatic carbocycles. The third-order valence-corrected chi connectivity index (χ3v) is 3.53. The molecule has 3 N–H and O–H groups in total. The Balaban J connectivity index is 2.94. The number of nitrogens with one attached hydrogen (secondary N) is 1. The van der Waals surface area contributed by atoms with Crippen molar-refractivity contribution in [3.8, 4) is 0 Å². The van der Waals surface area contributed by atoms with Gasteiger partial charge in [-0.1, -0.05) is 11.6 Å². The largest absolute Gasteiger partial charge is 0.382 e. The fourth-order valence-corrected chi connectivity index (χ4v) is 1.85. The number of methoxy groups -OCH3 is 1. The molecule has 0 heterocycles. The first-order chi connectivity index (χ1) is 7.89. The molecule has 0 aliphatic rings.